The molecule has 0 saturated heterocycles. The Hall–Kier alpha value is -2.07. The summed E-state index contributed by atoms with van der Waals surface area (Å²) in [6, 6.07) is 13.4. The lowest BCUT2D eigenvalue weighted by Crippen LogP contribution is -2.48. The summed E-state index contributed by atoms with van der Waals surface area (Å²) < 4.78 is 25.8. The Bertz CT molecular complexity index is 964. The van der Waals surface area contributed by atoms with Crippen LogP contribution in [-0.2, 0) is 19.6 Å². The van der Waals surface area contributed by atoms with E-state index in [1.807, 2.05) is 31.2 Å². The van der Waals surface area contributed by atoms with Gasteiger partial charge in [0.15, 0.2) is 0 Å². The molecule has 0 aromatic heterocycles. The Labute approximate surface area is 179 Å². The van der Waals surface area contributed by atoms with Crippen molar-refractivity contribution in [2.45, 2.75) is 28.9 Å². The molecule has 0 fully saturated rings. The zero-order valence-electron chi connectivity index (χ0n) is 16.2. The van der Waals surface area contributed by atoms with Gasteiger partial charge in [-0.3, -0.25) is 20.4 Å². The molecular formula is C19H22ClN3O4S2. The molecule has 2 aromatic rings. The van der Waals surface area contributed by atoms with E-state index in [1.54, 1.807) is 6.92 Å². The van der Waals surface area contributed by atoms with Crippen LogP contribution in [0.2, 0.25) is 5.02 Å². The molecule has 10 heteroatoms. The number of rotatable bonds is 7. The first kappa shape index (κ1) is 23.2. The van der Waals surface area contributed by atoms with Crippen LogP contribution in [0.25, 0.3) is 0 Å². The number of likely N-dealkylation sites (N-methyl/N-ethyl adjacent to an activating group) is 1. The van der Waals surface area contributed by atoms with Gasteiger partial charge in [0.25, 0.3) is 11.8 Å². The molecule has 0 radical (unpaired) electrons. The first-order valence-corrected chi connectivity index (χ1v) is 11.3. The molecule has 2 N–H and O–H groups in total. The minimum absolute atomic E-state index is 0.0179. The number of hydrogen-bond donors (Lipinski definition) is 2. The fraction of sp³-hybridized carbons (Fsp3) is 0.263. The molecule has 0 aliphatic carbocycles. The van der Waals surface area contributed by atoms with Gasteiger partial charge in [0, 0.05) is 17.0 Å². The number of carbonyl (C=O) groups excluding carboxylic acids is 2. The summed E-state index contributed by atoms with van der Waals surface area (Å²) >= 11 is 7.11. The fourth-order valence-corrected chi connectivity index (χ4v) is 4.34. The SMILES string of the molecule is Cc1ccc(S[C@H](C)C(=O)NNC(=O)CN(C)S(=O)(=O)c2ccc(Cl)cc2)cc1. The number of hydrazine groups is 1. The van der Waals surface area contributed by atoms with Gasteiger partial charge in [-0.15, -0.1) is 11.8 Å². The number of thioether (sulfide) groups is 1. The third-order valence-electron chi connectivity index (χ3n) is 3.92. The molecule has 0 unspecified atom stereocenters. The highest BCUT2D eigenvalue weighted by Gasteiger charge is 2.23. The first-order valence-electron chi connectivity index (χ1n) is 8.63. The number of halogens is 1. The Morgan fingerprint density at radius 1 is 1.07 bits per heavy atom. The van der Waals surface area contributed by atoms with Crippen LogP contribution >= 0.6 is 23.4 Å². The molecule has 0 aliphatic rings. The zero-order valence-corrected chi connectivity index (χ0v) is 18.6. The van der Waals surface area contributed by atoms with E-state index in [9.17, 15) is 18.0 Å². The highest BCUT2D eigenvalue weighted by atomic mass is 35.5. The molecule has 7 nitrogen and oxygen atoms in total. The van der Waals surface area contributed by atoms with Crippen molar-refractivity contribution in [2.24, 2.45) is 0 Å². The van der Waals surface area contributed by atoms with Gasteiger partial charge in [-0.1, -0.05) is 29.3 Å². The molecule has 0 spiro atoms. The lowest BCUT2D eigenvalue weighted by Gasteiger charge is -2.18. The summed E-state index contributed by atoms with van der Waals surface area (Å²) in [4.78, 5) is 25.2. The topological polar surface area (TPSA) is 95.6 Å². The van der Waals surface area contributed by atoms with Gasteiger partial charge in [-0.05, 0) is 50.2 Å². The highest BCUT2D eigenvalue weighted by Crippen LogP contribution is 2.23. The van der Waals surface area contributed by atoms with E-state index in [0.29, 0.717) is 5.02 Å². The lowest BCUT2D eigenvalue weighted by atomic mass is 10.2. The van der Waals surface area contributed by atoms with Gasteiger partial charge < -0.3 is 0 Å². The van der Waals surface area contributed by atoms with Crippen molar-refractivity contribution in [3.63, 3.8) is 0 Å². The normalized spacial score (nSPS) is 12.4. The molecule has 29 heavy (non-hydrogen) atoms. The van der Waals surface area contributed by atoms with Crippen LogP contribution in [0.4, 0.5) is 0 Å². The molecular weight excluding hydrogens is 434 g/mol. The van der Waals surface area contributed by atoms with Gasteiger partial charge >= 0.3 is 0 Å². The van der Waals surface area contributed by atoms with Crippen LogP contribution in [0, 0.1) is 6.92 Å². The molecule has 156 valence electrons. The van der Waals surface area contributed by atoms with Crippen LogP contribution in [0.5, 0.6) is 0 Å². The van der Waals surface area contributed by atoms with E-state index < -0.39 is 33.6 Å². The summed E-state index contributed by atoms with van der Waals surface area (Å²) in [6.07, 6.45) is 0. The van der Waals surface area contributed by atoms with Gasteiger partial charge in [-0.25, -0.2) is 8.42 Å². The number of hydrogen-bond acceptors (Lipinski definition) is 5. The van der Waals surface area contributed by atoms with E-state index in [0.717, 1.165) is 14.8 Å². The van der Waals surface area contributed by atoms with Crippen LogP contribution < -0.4 is 10.9 Å². The molecule has 2 amide bonds. The minimum atomic E-state index is -3.85. The molecule has 2 aromatic carbocycles. The number of sulfonamides is 1. The Kier molecular flexibility index (Phi) is 8.09. The first-order chi connectivity index (χ1) is 13.6. The summed E-state index contributed by atoms with van der Waals surface area (Å²) in [7, 11) is -2.57. The average molecular weight is 456 g/mol. The number of carbonyl (C=O) groups is 2. The smallest absolute Gasteiger partial charge is 0.253 e. The predicted octanol–water partition coefficient (Wildman–Crippen LogP) is 2.60. The fourth-order valence-electron chi connectivity index (χ4n) is 2.22. The maximum absolute atomic E-state index is 12.5. The van der Waals surface area contributed by atoms with Crippen molar-refractivity contribution in [2.75, 3.05) is 13.6 Å². The number of amides is 2. The third kappa shape index (κ3) is 6.74. The zero-order chi connectivity index (χ0) is 21.6. The quantitative estimate of drug-likeness (QED) is 0.494. The Morgan fingerprint density at radius 3 is 2.24 bits per heavy atom. The van der Waals surface area contributed by atoms with Gasteiger partial charge in [-0.2, -0.15) is 4.31 Å². The van der Waals surface area contributed by atoms with Gasteiger partial charge in [0.2, 0.25) is 10.0 Å². The second-order valence-electron chi connectivity index (χ2n) is 6.33. The number of benzene rings is 2. The maximum atomic E-state index is 12.5. The predicted molar refractivity (Wildman–Crippen MR) is 114 cm³/mol. The van der Waals surface area contributed by atoms with Crippen LogP contribution in [-0.4, -0.2) is 43.4 Å². The summed E-state index contributed by atoms with van der Waals surface area (Å²) in [5, 5.41) is -0.0433. The number of nitrogens with one attached hydrogen (secondary N) is 2. The second-order valence-corrected chi connectivity index (χ2v) is 10.2. The van der Waals surface area contributed by atoms with E-state index in [2.05, 4.69) is 10.9 Å². The van der Waals surface area contributed by atoms with E-state index >= 15 is 0 Å². The van der Waals surface area contributed by atoms with Crippen molar-refractivity contribution in [3.8, 4) is 0 Å². The average Bonchev–Trinajstić information content (AvgIpc) is 2.68. The van der Waals surface area contributed by atoms with Crippen molar-refractivity contribution < 1.29 is 18.0 Å². The Morgan fingerprint density at radius 2 is 1.66 bits per heavy atom. The van der Waals surface area contributed by atoms with E-state index in [1.165, 1.54) is 43.1 Å². The molecule has 2 rings (SSSR count). The molecule has 0 aliphatic heterocycles. The van der Waals surface area contributed by atoms with Crippen LogP contribution in [0.15, 0.2) is 58.3 Å². The van der Waals surface area contributed by atoms with Crippen molar-refractivity contribution in [3.05, 3.63) is 59.1 Å². The van der Waals surface area contributed by atoms with E-state index in [-0.39, 0.29) is 4.90 Å². The van der Waals surface area contributed by atoms with Crippen molar-refractivity contribution in [1.29, 1.82) is 0 Å². The van der Waals surface area contributed by atoms with Crippen LogP contribution in [0.3, 0.4) is 0 Å². The van der Waals surface area contributed by atoms with Crippen molar-refractivity contribution in [1.82, 2.24) is 15.2 Å². The van der Waals surface area contributed by atoms with Gasteiger partial charge in [0.05, 0.1) is 16.7 Å². The summed E-state index contributed by atoms with van der Waals surface area (Å²) in [6.45, 7) is 3.23. The molecule has 1 atom stereocenters. The molecule has 0 bridgehead atoms. The molecule has 0 saturated carbocycles. The monoisotopic (exact) mass is 455 g/mol. The third-order valence-corrected chi connectivity index (χ3v) is 7.10. The second kappa shape index (κ2) is 10.1. The van der Waals surface area contributed by atoms with E-state index in [4.69, 9.17) is 11.6 Å². The lowest BCUT2D eigenvalue weighted by molar-refractivity contribution is -0.128. The van der Waals surface area contributed by atoms with Gasteiger partial charge in [0.1, 0.15) is 0 Å². The minimum Gasteiger partial charge on any atom is -0.272 e. The molecule has 0 heterocycles. The highest BCUT2D eigenvalue weighted by molar-refractivity contribution is 8.00. The summed E-state index contributed by atoms with van der Waals surface area (Å²) in [5.74, 6) is -1.06. The number of nitrogens with zero attached hydrogens (tertiary/aromatic N) is 1. The largest absolute Gasteiger partial charge is 0.272 e. The summed E-state index contributed by atoms with van der Waals surface area (Å²) in [5.41, 5.74) is 5.68. The Balaban J connectivity index is 1.85. The van der Waals surface area contributed by atoms with Crippen LogP contribution in [0.1, 0.15) is 12.5 Å². The number of aryl methyl sites for hydroxylation is 1. The van der Waals surface area contributed by atoms with Crippen molar-refractivity contribution >= 4 is 45.2 Å². The standard InChI is InChI=1S/C19H22ClN3O4S2/c1-13-4-8-16(9-5-13)28-14(2)19(25)22-21-18(24)12-23(3)29(26,27)17-10-6-15(20)7-11-17/h4-11,14H,12H2,1-3H3,(H,21,24)(H,22,25)/t14-/m1/s1. The maximum Gasteiger partial charge on any atom is 0.253 e.